The number of nitrogens with zero attached hydrogens (tertiary/aromatic N) is 3. The highest BCUT2D eigenvalue weighted by atomic mass is 35.5. The third kappa shape index (κ3) is 2.79. The van der Waals surface area contributed by atoms with Gasteiger partial charge in [-0.05, 0) is 6.42 Å². The second-order valence-electron chi connectivity index (χ2n) is 3.15. The maximum atomic E-state index is 10.9. The van der Waals surface area contributed by atoms with E-state index in [1.165, 1.54) is 13.4 Å². The lowest BCUT2D eigenvalue weighted by Crippen LogP contribution is -2.08. The number of ether oxygens (including phenoxy) is 1. The molecule has 6 nitrogen and oxygen atoms in total. The Labute approximate surface area is 97.8 Å². The molecule has 0 bridgehead atoms. The Hall–Kier alpha value is -1.43. The van der Waals surface area contributed by atoms with Gasteiger partial charge in [0.1, 0.15) is 12.0 Å². The third-order valence-corrected chi connectivity index (χ3v) is 2.56. The van der Waals surface area contributed by atoms with Gasteiger partial charge in [-0.2, -0.15) is 4.98 Å². The minimum absolute atomic E-state index is 0.0324. The topological polar surface area (TPSA) is 78.2 Å². The first-order valence-electron chi connectivity index (χ1n) is 4.76. The van der Waals surface area contributed by atoms with E-state index in [0.717, 1.165) is 0 Å². The number of methoxy groups -OCH3 is 1. The number of rotatable bonds is 5. The molecule has 0 fully saturated rings. The molecule has 7 heteroatoms. The maximum absolute atomic E-state index is 10.9. The fourth-order valence-electron chi connectivity index (χ4n) is 1.23. The summed E-state index contributed by atoms with van der Waals surface area (Å²) in [6, 6.07) is 0. The molecule has 0 saturated carbocycles. The van der Waals surface area contributed by atoms with E-state index in [0.29, 0.717) is 18.5 Å². The lowest BCUT2D eigenvalue weighted by molar-refractivity contribution is -0.387. The summed E-state index contributed by atoms with van der Waals surface area (Å²) in [7, 11) is 1.33. The monoisotopic (exact) mass is 245 g/mol. The third-order valence-electron chi connectivity index (χ3n) is 2.10. The number of hydrogen-bond donors (Lipinski definition) is 0. The van der Waals surface area contributed by atoms with Crippen LogP contribution in [0.15, 0.2) is 6.33 Å². The molecule has 1 rings (SSSR count). The summed E-state index contributed by atoms with van der Waals surface area (Å²) >= 11 is 5.95. The van der Waals surface area contributed by atoms with Crippen LogP contribution in [0.3, 0.4) is 0 Å². The smallest absolute Gasteiger partial charge is 0.352 e. The number of nitro groups is 1. The fourth-order valence-corrected chi connectivity index (χ4v) is 1.38. The predicted octanol–water partition coefficient (Wildman–Crippen LogP) is 1.95. The van der Waals surface area contributed by atoms with Crippen LogP contribution in [0, 0.1) is 10.1 Å². The van der Waals surface area contributed by atoms with Gasteiger partial charge in [0.05, 0.1) is 12.0 Å². The van der Waals surface area contributed by atoms with Crippen molar-refractivity contribution in [1.82, 2.24) is 9.97 Å². The molecule has 1 aromatic rings. The number of hydrogen-bond acceptors (Lipinski definition) is 5. The quantitative estimate of drug-likeness (QED) is 0.450. The molecule has 0 aliphatic rings. The molecule has 1 atom stereocenters. The van der Waals surface area contributed by atoms with Crippen molar-refractivity contribution in [3.63, 3.8) is 0 Å². The van der Waals surface area contributed by atoms with E-state index >= 15 is 0 Å². The summed E-state index contributed by atoms with van der Waals surface area (Å²) < 4.78 is 4.83. The van der Waals surface area contributed by atoms with E-state index in [-0.39, 0.29) is 16.9 Å². The Morgan fingerprint density at radius 2 is 2.31 bits per heavy atom. The molecule has 16 heavy (non-hydrogen) atoms. The molecule has 0 saturated heterocycles. The minimum Gasteiger partial charge on any atom is -0.476 e. The summed E-state index contributed by atoms with van der Waals surface area (Å²) in [5.74, 6) is -0.0324. The van der Waals surface area contributed by atoms with E-state index in [9.17, 15) is 10.1 Å². The van der Waals surface area contributed by atoms with Crippen LogP contribution < -0.4 is 4.74 Å². The molecular formula is C9H12ClN3O3. The van der Waals surface area contributed by atoms with Crippen molar-refractivity contribution < 1.29 is 9.66 Å². The number of alkyl halides is 1. The highest BCUT2D eigenvalue weighted by Crippen LogP contribution is 2.28. The summed E-state index contributed by atoms with van der Waals surface area (Å²) in [6.07, 6.45) is 2.28. The van der Waals surface area contributed by atoms with Crippen LogP contribution in [0.25, 0.3) is 0 Å². The molecule has 0 amide bonds. The van der Waals surface area contributed by atoms with Gasteiger partial charge < -0.3 is 4.74 Å². The summed E-state index contributed by atoms with van der Waals surface area (Å²) in [4.78, 5) is 17.9. The van der Waals surface area contributed by atoms with Gasteiger partial charge >= 0.3 is 5.69 Å². The van der Waals surface area contributed by atoms with Crippen LogP contribution in [0.5, 0.6) is 5.88 Å². The van der Waals surface area contributed by atoms with Crippen LogP contribution in [0.2, 0.25) is 0 Å². The van der Waals surface area contributed by atoms with Crippen molar-refractivity contribution in [2.45, 2.75) is 25.1 Å². The average molecular weight is 246 g/mol. The van der Waals surface area contributed by atoms with Crippen LogP contribution >= 0.6 is 11.6 Å². The first kappa shape index (κ1) is 12.6. The van der Waals surface area contributed by atoms with E-state index in [1.54, 1.807) is 0 Å². The van der Waals surface area contributed by atoms with Crippen molar-refractivity contribution in [1.29, 1.82) is 0 Å². The lowest BCUT2D eigenvalue weighted by Gasteiger charge is -2.07. The zero-order chi connectivity index (χ0) is 12.1. The van der Waals surface area contributed by atoms with Crippen LogP contribution in [0.1, 0.15) is 19.0 Å². The van der Waals surface area contributed by atoms with E-state index in [2.05, 4.69) is 9.97 Å². The van der Waals surface area contributed by atoms with Gasteiger partial charge in [-0.1, -0.05) is 6.92 Å². The zero-order valence-corrected chi connectivity index (χ0v) is 9.77. The maximum Gasteiger partial charge on any atom is 0.352 e. The molecule has 1 unspecified atom stereocenters. The molecule has 0 aromatic carbocycles. The molecule has 0 spiro atoms. The average Bonchev–Trinajstić information content (AvgIpc) is 2.28. The van der Waals surface area contributed by atoms with Gasteiger partial charge in [0.2, 0.25) is 0 Å². The first-order valence-corrected chi connectivity index (χ1v) is 5.20. The molecule has 0 radical (unpaired) electrons. The lowest BCUT2D eigenvalue weighted by atomic mass is 10.1. The van der Waals surface area contributed by atoms with Gasteiger partial charge in [-0.25, -0.2) is 4.98 Å². The highest BCUT2D eigenvalue weighted by Gasteiger charge is 2.24. The van der Waals surface area contributed by atoms with Crippen molar-refractivity contribution in [3.05, 3.63) is 22.1 Å². The van der Waals surface area contributed by atoms with Crippen molar-refractivity contribution >= 4 is 17.3 Å². The number of halogens is 1. The van der Waals surface area contributed by atoms with Gasteiger partial charge in [0.15, 0.2) is 0 Å². The predicted molar refractivity (Wildman–Crippen MR) is 58.9 cm³/mol. The van der Waals surface area contributed by atoms with Crippen LogP contribution in [-0.4, -0.2) is 27.4 Å². The Kier molecular flexibility index (Phi) is 4.42. The second-order valence-corrected chi connectivity index (χ2v) is 3.76. The normalized spacial score (nSPS) is 12.2. The number of aromatic nitrogens is 2. The SMILES string of the molecule is CCC(Cl)Cc1ncnc(OC)c1[N+](=O)[O-]. The molecule has 0 aliphatic heterocycles. The molecule has 0 N–H and O–H groups in total. The van der Waals surface area contributed by atoms with Crippen molar-refractivity contribution in [3.8, 4) is 5.88 Å². The Morgan fingerprint density at radius 3 is 2.81 bits per heavy atom. The molecule has 1 aromatic heterocycles. The fraction of sp³-hybridized carbons (Fsp3) is 0.556. The van der Waals surface area contributed by atoms with Gasteiger partial charge in [-0.15, -0.1) is 11.6 Å². The Morgan fingerprint density at radius 1 is 1.62 bits per heavy atom. The largest absolute Gasteiger partial charge is 0.476 e. The Balaban J connectivity index is 3.12. The molecule has 1 heterocycles. The van der Waals surface area contributed by atoms with Crippen molar-refractivity contribution in [2.75, 3.05) is 7.11 Å². The summed E-state index contributed by atoms with van der Waals surface area (Å²) in [6.45, 7) is 1.90. The summed E-state index contributed by atoms with van der Waals surface area (Å²) in [5.41, 5.74) is 0.0998. The van der Waals surface area contributed by atoms with E-state index < -0.39 is 4.92 Å². The molecule has 88 valence electrons. The Bertz CT molecular complexity index is 386. The van der Waals surface area contributed by atoms with E-state index in [4.69, 9.17) is 16.3 Å². The summed E-state index contributed by atoms with van der Waals surface area (Å²) in [5, 5.41) is 10.7. The van der Waals surface area contributed by atoms with Crippen molar-refractivity contribution in [2.24, 2.45) is 0 Å². The van der Waals surface area contributed by atoms with E-state index in [1.807, 2.05) is 6.92 Å². The second kappa shape index (κ2) is 5.60. The minimum atomic E-state index is -0.548. The molecular weight excluding hydrogens is 234 g/mol. The molecule has 0 aliphatic carbocycles. The first-order chi connectivity index (χ1) is 7.60. The van der Waals surface area contributed by atoms with Crippen LogP contribution in [0.4, 0.5) is 5.69 Å². The van der Waals surface area contributed by atoms with Crippen LogP contribution in [-0.2, 0) is 6.42 Å². The zero-order valence-electron chi connectivity index (χ0n) is 9.01. The van der Waals surface area contributed by atoms with Gasteiger partial charge in [-0.3, -0.25) is 10.1 Å². The van der Waals surface area contributed by atoms with Gasteiger partial charge in [0, 0.05) is 11.8 Å². The standard InChI is InChI=1S/C9H12ClN3O3/c1-3-6(10)4-7-8(13(14)15)9(16-2)12-5-11-7/h5-6H,3-4H2,1-2H3. The van der Waals surface area contributed by atoms with Gasteiger partial charge in [0.25, 0.3) is 5.88 Å². The highest BCUT2D eigenvalue weighted by molar-refractivity contribution is 6.20.